The zero-order valence-electron chi connectivity index (χ0n) is 9.14. The monoisotopic (exact) mass is 232 g/mol. The number of nitriles is 1. The highest BCUT2D eigenvalue weighted by molar-refractivity contribution is 5.94. The Hall–Kier alpha value is -2.13. The Balaban J connectivity index is 2.28. The molecular formula is C11H12N4O2. The fraction of sp³-hybridized carbons (Fsp3) is 0.364. The van der Waals surface area contributed by atoms with Crippen LogP contribution in [0.1, 0.15) is 10.4 Å². The van der Waals surface area contributed by atoms with Crippen LogP contribution in [0, 0.1) is 11.3 Å². The minimum absolute atomic E-state index is 0.0784. The number of hydrogen-bond donors (Lipinski definition) is 2. The number of aromatic amines is 1. The van der Waals surface area contributed by atoms with Gasteiger partial charge < -0.3 is 15.2 Å². The third kappa shape index (κ3) is 2.19. The van der Waals surface area contributed by atoms with E-state index in [4.69, 9.17) is 5.26 Å². The number of carbonyl (C=O) groups is 1. The Morgan fingerprint density at radius 3 is 3.12 bits per heavy atom. The summed E-state index contributed by atoms with van der Waals surface area (Å²) in [4.78, 5) is 27.8. The van der Waals surface area contributed by atoms with E-state index in [0.29, 0.717) is 19.6 Å². The summed E-state index contributed by atoms with van der Waals surface area (Å²) in [5.41, 5.74) is -0.251. The van der Waals surface area contributed by atoms with Crippen LogP contribution in [0.2, 0.25) is 0 Å². The predicted octanol–water partition coefficient (Wildman–Crippen LogP) is -0.688. The first-order valence-electron chi connectivity index (χ1n) is 5.32. The number of amides is 1. The number of aromatic nitrogens is 1. The molecule has 1 atom stereocenters. The summed E-state index contributed by atoms with van der Waals surface area (Å²) in [5, 5.41) is 12.0. The first-order valence-corrected chi connectivity index (χ1v) is 5.32. The molecule has 0 aromatic carbocycles. The van der Waals surface area contributed by atoms with Gasteiger partial charge in [0.1, 0.15) is 11.6 Å². The molecule has 0 bridgehead atoms. The molecular weight excluding hydrogens is 220 g/mol. The summed E-state index contributed by atoms with van der Waals surface area (Å²) in [6.45, 7) is 1.51. The van der Waals surface area contributed by atoms with Gasteiger partial charge in [-0.3, -0.25) is 9.59 Å². The lowest BCUT2D eigenvalue weighted by atomic mass is 10.1. The van der Waals surface area contributed by atoms with E-state index in [2.05, 4.69) is 16.4 Å². The quantitative estimate of drug-likeness (QED) is 0.671. The van der Waals surface area contributed by atoms with Crippen LogP contribution in [0.5, 0.6) is 0 Å². The van der Waals surface area contributed by atoms with Crippen LogP contribution in [-0.2, 0) is 0 Å². The molecule has 2 N–H and O–H groups in total. The summed E-state index contributed by atoms with van der Waals surface area (Å²) in [5.74, 6) is -0.389. The van der Waals surface area contributed by atoms with Gasteiger partial charge in [0.2, 0.25) is 0 Å². The molecule has 6 heteroatoms. The van der Waals surface area contributed by atoms with Crippen LogP contribution in [0.3, 0.4) is 0 Å². The van der Waals surface area contributed by atoms with Crippen molar-refractivity contribution in [2.75, 3.05) is 19.6 Å². The number of H-pyrrole nitrogens is 1. The molecule has 1 unspecified atom stereocenters. The van der Waals surface area contributed by atoms with E-state index in [9.17, 15) is 9.59 Å². The van der Waals surface area contributed by atoms with Gasteiger partial charge in [0.05, 0.1) is 6.07 Å². The Bertz CT molecular complexity index is 517. The van der Waals surface area contributed by atoms with Gasteiger partial charge >= 0.3 is 0 Å². The molecule has 88 valence electrons. The van der Waals surface area contributed by atoms with E-state index in [-0.39, 0.29) is 16.9 Å². The topological polar surface area (TPSA) is 89.0 Å². The lowest BCUT2D eigenvalue weighted by molar-refractivity contribution is 0.0685. The Kier molecular flexibility index (Phi) is 3.21. The van der Waals surface area contributed by atoms with Crippen LogP contribution < -0.4 is 10.7 Å². The standard InChI is InChI=1S/C11H12N4O2/c12-5-8-6-14-3-4-15(8)11(17)9-7-13-2-1-10(9)16/h1-2,7-8,14H,3-4,6H2,(H,13,16). The molecule has 1 aromatic rings. The molecule has 1 fully saturated rings. The lowest BCUT2D eigenvalue weighted by Crippen LogP contribution is -2.53. The second kappa shape index (κ2) is 4.80. The number of nitrogens with one attached hydrogen (secondary N) is 2. The van der Waals surface area contributed by atoms with Crippen molar-refractivity contribution < 1.29 is 4.79 Å². The number of piperazine rings is 1. The molecule has 17 heavy (non-hydrogen) atoms. The molecule has 0 spiro atoms. The molecule has 1 saturated heterocycles. The van der Waals surface area contributed by atoms with Crippen LogP contribution in [0.15, 0.2) is 23.3 Å². The highest BCUT2D eigenvalue weighted by Crippen LogP contribution is 2.06. The van der Waals surface area contributed by atoms with Gasteiger partial charge in [-0.15, -0.1) is 0 Å². The summed E-state index contributed by atoms with van der Waals surface area (Å²) >= 11 is 0. The molecule has 1 aromatic heterocycles. The number of rotatable bonds is 1. The van der Waals surface area contributed by atoms with Gasteiger partial charge in [0.25, 0.3) is 5.91 Å². The minimum Gasteiger partial charge on any atom is -0.367 e. The van der Waals surface area contributed by atoms with Gasteiger partial charge in [-0.1, -0.05) is 0 Å². The average Bonchev–Trinajstić information content (AvgIpc) is 2.38. The molecule has 0 aliphatic carbocycles. The van der Waals surface area contributed by atoms with Crippen LogP contribution in [0.4, 0.5) is 0 Å². The summed E-state index contributed by atoms with van der Waals surface area (Å²) < 4.78 is 0. The van der Waals surface area contributed by atoms with Crippen molar-refractivity contribution in [2.45, 2.75) is 6.04 Å². The Morgan fingerprint density at radius 2 is 2.41 bits per heavy atom. The van der Waals surface area contributed by atoms with E-state index < -0.39 is 6.04 Å². The number of pyridine rings is 1. The number of hydrogen-bond acceptors (Lipinski definition) is 4. The summed E-state index contributed by atoms with van der Waals surface area (Å²) in [6.07, 6.45) is 2.85. The molecule has 6 nitrogen and oxygen atoms in total. The zero-order chi connectivity index (χ0) is 12.3. The van der Waals surface area contributed by atoms with Crippen molar-refractivity contribution in [2.24, 2.45) is 0 Å². The fourth-order valence-electron chi connectivity index (χ4n) is 1.80. The molecule has 2 heterocycles. The van der Waals surface area contributed by atoms with Crippen LogP contribution in [0.25, 0.3) is 0 Å². The van der Waals surface area contributed by atoms with Crippen molar-refractivity contribution in [3.8, 4) is 6.07 Å². The SMILES string of the molecule is N#CC1CNCCN1C(=O)c1c[nH]ccc1=O. The van der Waals surface area contributed by atoms with E-state index >= 15 is 0 Å². The molecule has 1 aliphatic rings. The first-order chi connectivity index (χ1) is 8.24. The van der Waals surface area contributed by atoms with Crippen molar-refractivity contribution in [3.05, 3.63) is 34.2 Å². The molecule has 1 aliphatic heterocycles. The van der Waals surface area contributed by atoms with Gasteiger partial charge in [-0.25, -0.2) is 0 Å². The number of carbonyl (C=O) groups excluding carboxylic acids is 1. The highest BCUT2D eigenvalue weighted by Gasteiger charge is 2.28. The summed E-state index contributed by atoms with van der Waals surface area (Å²) in [7, 11) is 0. The van der Waals surface area contributed by atoms with Gasteiger partial charge in [-0.05, 0) is 0 Å². The van der Waals surface area contributed by atoms with Crippen molar-refractivity contribution >= 4 is 5.91 Å². The molecule has 0 radical (unpaired) electrons. The maximum absolute atomic E-state index is 12.1. The van der Waals surface area contributed by atoms with E-state index in [0.717, 1.165) is 0 Å². The van der Waals surface area contributed by atoms with E-state index in [1.54, 1.807) is 0 Å². The molecule has 2 rings (SSSR count). The highest BCUT2D eigenvalue weighted by atomic mass is 16.2. The smallest absolute Gasteiger partial charge is 0.260 e. The van der Waals surface area contributed by atoms with Crippen molar-refractivity contribution in [3.63, 3.8) is 0 Å². The van der Waals surface area contributed by atoms with Crippen molar-refractivity contribution in [1.82, 2.24) is 15.2 Å². The summed E-state index contributed by atoms with van der Waals surface area (Å²) in [6, 6.07) is 2.84. The van der Waals surface area contributed by atoms with Gasteiger partial charge in [0.15, 0.2) is 5.43 Å². The van der Waals surface area contributed by atoms with E-state index in [1.807, 2.05) is 0 Å². The largest absolute Gasteiger partial charge is 0.367 e. The second-order valence-corrected chi connectivity index (χ2v) is 3.77. The van der Waals surface area contributed by atoms with Crippen LogP contribution >= 0.6 is 0 Å². The van der Waals surface area contributed by atoms with Crippen molar-refractivity contribution in [1.29, 1.82) is 5.26 Å². The lowest BCUT2D eigenvalue weighted by Gasteiger charge is -2.31. The normalized spacial score (nSPS) is 19.7. The number of nitrogens with zero attached hydrogens (tertiary/aromatic N) is 2. The Labute approximate surface area is 97.9 Å². The second-order valence-electron chi connectivity index (χ2n) is 3.77. The maximum atomic E-state index is 12.1. The maximum Gasteiger partial charge on any atom is 0.260 e. The van der Waals surface area contributed by atoms with Gasteiger partial charge in [-0.2, -0.15) is 5.26 Å². The molecule has 1 amide bonds. The third-order valence-corrected chi connectivity index (χ3v) is 2.71. The average molecular weight is 232 g/mol. The first kappa shape index (κ1) is 11.4. The van der Waals surface area contributed by atoms with E-state index in [1.165, 1.54) is 23.4 Å². The van der Waals surface area contributed by atoms with Gasteiger partial charge in [0, 0.05) is 38.1 Å². The van der Waals surface area contributed by atoms with Crippen LogP contribution in [-0.4, -0.2) is 41.5 Å². The molecule has 0 saturated carbocycles. The zero-order valence-corrected chi connectivity index (χ0v) is 9.14. The fourth-order valence-corrected chi connectivity index (χ4v) is 1.80. The Morgan fingerprint density at radius 1 is 1.59 bits per heavy atom. The minimum atomic E-state index is -0.518. The predicted molar refractivity (Wildman–Crippen MR) is 60.4 cm³/mol. The third-order valence-electron chi connectivity index (χ3n) is 2.71.